The van der Waals surface area contributed by atoms with Gasteiger partial charge in [-0.1, -0.05) is 17.3 Å². The van der Waals surface area contributed by atoms with E-state index in [0.717, 1.165) is 12.1 Å². The van der Waals surface area contributed by atoms with Gasteiger partial charge in [0.1, 0.15) is 6.61 Å². The second-order valence-electron chi connectivity index (χ2n) is 6.00. The van der Waals surface area contributed by atoms with Crippen LogP contribution in [0.1, 0.15) is 35.3 Å². The number of likely N-dealkylation sites (tertiary alicyclic amines) is 1. The minimum Gasteiger partial charge on any atom is -0.392 e. The van der Waals surface area contributed by atoms with Crippen LogP contribution in [0.4, 0.5) is 13.2 Å². The Morgan fingerprint density at radius 2 is 2.20 bits per heavy atom. The summed E-state index contributed by atoms with van der Waals surface area (Å²) < 4.78 is 48.8. The molecule has 0 saturated carbocycles. The van der Waals surface area contributed by atoms with E-state index in [1.807, 2.05) is 4.90 Å². The predicted octanol–water partition coefficient (Wildman–Crippen LogP) is 2.54. The molecule has 1 aromatic heterocycles. The molecule has 0 amide bonds. The first-order valence-corrected chi connectivity index (χ1v) is 7.76. The van der Waals surface area contributed by atoms with Gasteiger partial charge in [-0.25, -0.2) is 0 Å². The van der Waals surface area contributed by atoms with Crippen LogP contribution in [0.3, 0.4) is 0 Å². The fourth-order valence-electron chi connectivity index (χ4n) is 3.04. The molecule has 9 heteroatoms. The van der Waals surface area contributed by atoms with Crippen LogP contribution >= 0.6 is 0 Å². The number of alkyl halides is 3. The molecular weight excluding hydrogens is 339 g/mol. The first kappa shape index (κ1) is 17.8. The summed E-state index contributed by atoms with van der Waals surface area (Å²) in [6.45, 7) is 0.785. The van der Waals surface area contributed by atoms with Gasteiger partial charge in [0.15, 0.2) is 5.82 Å². The first-order chi connectivity index (χ1) is 11.9. The van der Waals surface area contributed by atoms with E-state index in [1.165, 1.54) is 13.2 Å². The Balaban J connectivity index is 1.79. The maximum absolute atomic E-state index is 12.9. The number of ether oxygens (including phenoxy) is 1. The van der Waals surface area contributed by atoms with E-state index in [1.54, 1.807) is 6.07 Å². The van der Waals surface area contributed by atoms with Crippen LogP contribution < -0.4 is 0 Å². The van der Waals surface area contributed by atoms with Crippen molar-refractivity contribution in [2.45, 2.75) is 37.9 Å². The highest BCUT2D eigenvalue weighted by Gasteiger charge is 2.35. The molecule has 1 N–H and O–H groups in total. The van der Waals surface area contributed by atoms with E-state index in [2.05, 4.69) is 10.1 Å². The lowest BCUT2D eigenvalue weighted by molar-refractivity contribution is -0.137. The smallest absolute Gasteiger partial charge is 0.392 e. The van der Waals surface area contributed by atoms with Gasteiger partial charge in [-0.2, -0.15) is 18.2 Å². The number of methoxy groups -OCH3 is 1. The molecule has 2 atom stereocenters. The summed E-state index contributed by atoms with van der Waals surface area (Å²) in [4.78, 5) is 6.02. The number of benzene rings is 1. The molecule has 25 heavy (non-hydrogen) atoms. The number of nitrogens with zero attached hydrogens (tertiary/aromatic N) is 3. The topological polar surface area (TPSA) is 71.6 Å². The van der Waals surface area contributed by atoms with E-state index in [9.17, 15) is 18.3 Å². The Morgan fingerprint density at radius 3 is 2.92 bits per heavy atom. The van der Waals surface area contributed by atoms with Crippen LogP contribution in [0.5, 0.6) is 0 Å². The van der Waals surface area contributed by atoms with Crippen molar-refractivity contribution in [3.63, 3.8) is 0 Å². The first-order valence-electron chi connectivity index (χ1n) is 7.76. The summed E-state index contributed by atoms with van der Waals surface area (Å²) in [5.41, 5.74) is -0.194. The van der Waals surface area contributed by atoms with Crippen LogP contribution in [-0.4, -0.2) is 39.9 Å². The Kier molecular flexibility index (Phi) is 5.07. The van der Waals surface area contributed by atoms with Gasteiger partial charge < -0.3 is 14.4 Å². The van der Waals surface area contributed by atoms with Gasteiger partial charge in [0.05, 0.1) is 18.2 Å². The normalized spacial score (nSPS) is 21.8. The molecule has 0 radical (unpaired) electrons. The fourth-order valence-corrected chi connectivity index (χ4v) is 3.04. The van der Waals surface area contributed by atoms with Crippen LogP contribution in [0.25, 0.3) is 0 Å². The number of halogens is 3. The molecule has 136 valence electrons. The van der Waals surface area contributed by atoms with Crippen molar-refractivity contribution in [2.75, 3.05) is 13.7 Å². The Hall–Kier alpha value is -1.97. The minimum absolute atomic E-state index is 0.187. The highest BCUT2D eigenvalue weighted by atomic mass is 19.4. The molecule has 2 heterocycles. The monoisotopic (exact) mass is 357 g/mol. The third-order valence-corrected chi connectivity index (χ3v) is 4.10. The van der Waals surface area contributed by atoms with Crippen molar-refractivity contribution in [1.82, 2.24) is 15.0 Å². The van der Waals surface area contributed by atoms with Gasteiger partial charge in [-0.05, 0) is 24.1 Å². The lowest BCUT2D eigenvalue weighted by Gasteiger charge is -2.23. The zero-order valence-corrected chi connectivity index (χ0v) is 13.5. The third kappa shape index (κ3) is 4.17. The standard InChI is InChI=1S/C16H18F3N3O3/c1-24-9-15-20-14(21-25-15)8-22-7-12(23)6-13(22)10-3-2-4-11(5-10)16(17,18)19/h2-5,12-13,23H,6-9H2,1H3. The zero-order chi connectivity index (χ0) is 18.0. The van der Waals surface area contributed by atoms with E-state index in [0.29, 0.717) is 30.2 Å². The molecule has 2 aromatic rings. The van der Waals surface area contributed by atoms with Crippen molar-refractivity contribution in [2.24, 2.45) is 0 Å². The highest BCUT2D eigenvalue weighted by Crippen LogP contribution is 2.36. The lowest BCUT2D eigenvalue weighted by Crippen LogP contribution is -2.25. The molecule has 1 aliphatic heterocycles. The molecule has 0 aliphatic carbocycles. The van der Waals surface area contributed by atoms with Gasteiger partial charge >= 0.3 is 6.18 Å². The van der Waals surface area contributed by atoms with Crippen molar-refractivity contribution < 1.29 is 27.5 Å². The van der Waals surface area contributed by atoms with Crippen LogP contribution in [0.2, 0.25) is 0 Å². The quantitative estimate of drug-likeness (QED) is 0.887. The molecule has 1 saturated heterocycles. The molecule has 2 unspecified atom stereocenters. The Labute approximate surface area is 142 Å². The van der Waals surface area contributed by atoms with E-state index in [-0.39, 0.29) is 19.2 Å². The van der Waals surface area contributed by atoms with Gasteiger partial charge in [-0.15, -0.1) is 0 Å². The number of aliphatic hydroxyl groups excluding tert-OH is 1. The van der Waals surface area contributed by atoms with Crippen molar-refractivity contribution in [3.05, 3.63) is 47.1 Å². The lowest BCUT2D eigenvalue weighted by atomic mass is 10.0. The van der Waals surface area contributed by atoms with Crippen LogP contribution in [0.15, 0.2) is 28.8 Å². The summed E-state index contributed by atoms with van der Waals surface area (Å²) >= 11 is 0. The Bertz CT molecular complexity index is 720. The predicted molar refractivity (Wildman–Crippen MR) is 80.2 cm³/mol. The number of β-amino-alcohol motifs (C(OH)–C–C–N with tert-alkyl or cyclic N) is 1. The summed E-state index contributed by atoms with van der Waals surface area (Å²) in [7, 11) is 1.50. The number of rotatable bonds is 5. The van der Waals surface area contributed by atoms with Gasteiger partial charge in [0.25, 0.3) is 5.89 Å². The second-order valence-corrected chi connectivity index (χ2v) is 6.00. The summed E-state index contributed by atoms with van der Waals surface area (Å²) in [5.74, 6) is 0.728. The van der Waals surface area contributed by atoms with E-state index >= 15 is 0 Å². The Morgan fingerprint density at radius 1 is 1.40 bits per heavy atom. The molecule has 0 bridgehead atoms. The molecule has 1 fully saturated rings. The molecule has 3 rings (SSSR count). The SMILES string of the molecule is COCc1nc(CN2CC(O)CC2c2cccc(C(F)(F)F)c2)no1. The van der Waals surface area contributed by atoms with Crippen molar-refractivity contribution >= 4 is 0 Å². The van der Waals surface area contributed by atoms with Gasteiger partial charge in [0.2, 0.25) is 0 Å². The highest BCUT2D eigenvalue weighted by molar-refractivity contribution is 5.29. The average Bonchev–Trinajstić information content (AvgIpc) is 3.14. The number of hydrogen-bond acceptors (Lipinski definition) is 6. The third-order valence-electron chi connectivity index (χ3n) is 4.10. The number of aromatic nitrogens is 2. The summed E-state index contributed by atoms with van der Waals surface area (Å²) in [6, 6.07) is 4.84. The molecule has 1 aromatic carbocycles. The largest absolute Gasteiger partial charge is 0.416 e. The number of aliphatic hydroxyl groups is 1. The van der Waals surface area contributed by atoms with Crippen molar-refractivity contribution in [1.29, 1.82) is 0 Å². The second kappa shape index (κ2) is 7.11. The zero-order valence-electron chi connectivity index (χ0n) is 13.5. The summed E-state index contributed by atoms with van der Waals surface area (Å²) in [6.07, 6.45) is -4.67. The van der Waals surface area contributed by atoms with E-state index < -0.39 is 17.8 Å². The molecule has 0 spiro atoms. The summed E-state index contributed by atoms with van der Waals surface area (Å²) in [5, 5.41) is 13.8. The molecular formula is C16H18F3N3O3. The van der Waals surface area contributed by atoms with Gasteiger partial charge in [-0.3, -0.25) is 4.90 Å². The maximum Gasteiger partial charge on any atom is 0.416 e. The van der Waals surface area contributed by atoms with Crippen LogP contribution in [0, 0.1) is 0 Å². The minimum atomic E-state index is -4.40. The van der Waals surface area contributed by atoms with Crippen LogP contribution in [-0.2, 0) is 24.1 Å². The number of hydrogen-bond donors (Lipinski definition) is 1. The molecule has 6 nitrogen and oxygen atoms in total. The average molecular weight is 357 g/mol. The molecule has 1 aliphatic rings. The van der Waals surface area contributed by atoms with Gasteiger partial charge in [0, 0.05) is 19.7 Å². The van der Waals surface area contributed by atoms with E-state index in [4.69, 9.17) is 9.26 Å². The maximum atomic E-state index is 12.9. The fraction of sp³-hybridized carbons (Fsp3) is 0.500. The van der Waals surface area contributed by atoms with Crippen molar-refractivity contribution in [3.8, 4) is 0 Å².